The molecule has 2 N–H and O–H groups in total. The first-order chi connectivity index (χ1) is 18.2. The molecule has 0 radical (unpaired) electrons. The van der Waals surface area contributed by atoms with Gasteiger partial charge in [0.05, 0.1) is 16.7 Å². The Labute approximate surface area is 221 Å². The van der Waals surface area contributed by atoms with Gasteiger partial charge in [-0.2, -0.15) is 13.2 Å². The molecule has 1 aliphatic carbocycles. The van der Waals surface area contributed by atoms with Gasteiger partial charge in [-0.1, -0.05) is 48.5 Å². The summed E-state index contributed by atoms with van der Waals surface area (Å²) in [6.07, 6.45) is 0.733. The van der Waals surface area contributed by atoms with Gasteiger partial charge in [-0.05, 0) is 86.8 Å². The molecule has 0 spiro atoms. The molecule has 0 atom stereocenters. The summed E-state index contributed by atoms with van der Waals surface area (Å²) in [5.41, 5.74) is 8.06. The number of nitrogens with zero attached hydrogens (tertiary/aromatic N) is 3. The number of alkyl halides is 3. The molecule has 1 saturated carbocycles. The summed E-state index contributed by atoms with van der Waals surface area (Å²) in [4.78, 5) is 22.9. The minimum atomic E-state index is -4.55. The number of amides is 1. The lowest BCUT2D eigenvalue weighted by Gasteiger charge is -2.29. The van der Waals surface area contributed by atoms with Crippen LogP contribution < -0.4 is 5.73 Å². The van der Waals surface area contributed by atoms with Crippen molar-refractivity contribution in [1.29, 1.82) is 0 Å². The van der Waals surface area contributed by atoms with E-state index in [1.165, 1.54) is 5.56 Å². The molecule has 0 unspecified atom stereocenters. The molecule has 2 aromatic carbocycles. The minimum absolute atomic E-state index is 0.0239. The smallest absolute Gasteiger partial charge is 0.369 e. The van der Waals surface area contributed by atoms with Crippen LogP contribution in [-0.2, 0) is 35.6 Å². The van der Waals surface area contributed by atoms with Gasteiger partial charge in [-0.15, -0.1) is 0 Å². The summed E-state index contributed by atoms with van der Waals surface area (Å²) in [6, 6.07) is 15.7. The third-order valence-electron chi connectivity index (χ3n) is 8.14. The molecule has 5 nitrogen and oxygen atoms in total. The molecule has 5 rings (SSSR count). The third-order valence-corrected chi connectivity index (χ3v) is 8.14. The summed E-state index contributed by atoms with van der Waals surface area (Å²) in [6.45, 7) is 2.17. The van der Waals surface area contributed by atoms with Crippen molar-refractivity contribution in [3.8, 4) is 0 Å². The highest BCUT2D eigenvalue weighted by molar-refractivity contribution is 5.90. The topological polar surface area (TPSA) is 72.1 Å². The van der Waals surface area contributed by atoms with E-state index in [4.69, 9.17) is 5.73 Å². The zero-order valence-electron chi connectivity index (χ0n) is 21.6. The van der Waals surface area contributed by atoms with Crippen LogP contribution in [0.15, 0.2) is 54.7 Å². The molecule has 38 heavy (non-hydrogen) atoms. The highest BCUT2D eigenvalue weighted by Gasteiger charge is 2.50. The largest absolute Gasteiger partial charge is 0.419 e. The van der Waals surface area contributed by atoms with Gasteiger partial charge in [0, 0.05) is 12.6 Å². The number of benzene rings is 2. The maximum absolute atomic E-state index is 13.8. The van der Waals surface area contributed by atoms with Gasteiger partial charge in [0.2, 0.25) is 5.91 Å². The first kappa shape index (κ1) is 26.4. The minimum Gasteiger partial charge on any atom is -0.369 e. The van der Waals surface area contributed by atoms with Crippen LogP contribution in [0.1, 0.15) is 70.9 Å². The van der Waals surface area contributed by atoms with Gasteiger partial charge in [0.25, 0.3) is 0 Å². The predicted octanol–water partition coefficient (Wildman–Crippen LogP) is 5.20. The number of carbonyl (C=O) groups is 1. The normalized spacial score (nSPS) is 17.9. The molecule has 2 aliphatic rings. The summed E-state index contributed by atoms with van der Waals surface area (Å²) in [7, 11) is 2.14. The lowest BCUT2D eigenvalue weighted by atomic mass is 9.88. The Morgan fingerprint density at radius 2 is 1.74 bits per heavy atom. The van der Waals surface area contributed by atoms with Gasteiger partial charge < -0.3 is 10.6 Å². The first-order valence-corrected chi connectivity index (χ1v) is 13.2. The molecule has 1 aliphatic heterocycles. The fraction of sp³-hybridized carbons (Fsp3) is 0.433. The monoisotopic (exact) mass is 522 g/mol. The Kier molecular flexibility index (Phi) is 7.27. The van der Waals surface area contributed by atoms with E-state index in [1.807, 2.05) is 36.4 Å². The van der Waals surface area contributed by atoms with Crippen molar-refractivity contribution in [1.82, 2.24) is 14.9 Å². The molecule has 3 aromatic rings. The van der Waals surface area contributed by atoms with Crippen LogP contribution in [0.2, 0.25) is 0 Å². The van der Waals surface area contributed by atoms with Gasteiger partial charge >= 0.3 is 6.18 Å². The van der Waals surface area contributed by atoms with Crippen molar-refractivity contribution in [2.45, 2.75) is 62.5 Å². The van der Waals surface area contributed by atoms with Crippen LogP contribution in [0.3, 0.4) is 0 Å². The van der Waals surface area contributed by atoms with Crippen LogP contribution >= 0.6 is 0 Å². The summed E-state index contributed by atoms with van der Waals surface area (Å²) in [5.74, 6) is 0.526. The number of primary amides is 1. The van der Waals surface area contributed by atoms with E-state index < -0.39 is 17.2 Å². The first-order valence-electron chi connectivity index (χ1n) is 13.2. The number of aromatic nitrogens is 2. The molecule has 2 heterocycles. The number of likely N-dealkylation sites (tertiary alicyclic amines) is 1. The van der Waals surface area contributed by atoms with Gasteiger partial charge in [-0.25, -0.2) is 9.97 Å². The van der Waals surface area contributed by atoms with Crippen LogP contribution in [-0.4, -0.2) is 40.9 Å². The lowest BCUT2D eigenvalue weighted by molar-refractivity contribution is -0.138. The second kappa shape index (κ2) is 10.5. The average Bonchev–Trinajstić information content (AvgIpc) is 3.70. The van der Waals surface area contributed by atoms with Gasteiger partial charge in [0.15, 0.2) is 0 Å². The van der Waals surface area contributed by atoms with Gasteiger partial charge in [-0.3, -0.25) is 4.79 Å². The molecule has 200 valence electrons. The fourth-order valence-electron chi connectivity index (χ4n) is 5.63. The number of nitrogens with two attached hydrogens (primary N) is 1. The Morgan fingerprint density at radius 3 is 2.37 bits per heavy atom. The molecule has 8 heteroatoms. The Bertz CT molecular complexity index is 1290. The Balaban J connectivity index is 1.34. The molecule has 2 fully saturated rings. The van der Waals surface area contributed by atoms with Crippen molar-refractivity contribution >= 4 is 5.91 Å². The van der Waals surface area contributed by atoms with Gasteiger partial charge in [0.1, 0.15) is 5.82 Å². The SMILES string of the molecule is CN1CCC(c2ccc(Cc3ncc(C(F)(F)F)c(CCc4ccccc4C4(C(N)=O)CC4)n3)cc2)CC1. The van der Waals surface area contributed by atoms with Crippen molar-refractivity contribution in [2.75, 3.05) is 20.1 Å². The maximum Gasteiger partial charge on any atom is 0.419 e. The molecule has 1 aromatic heterocycles. The number of hydrogen-bond acceptors (Lipinski definition) is 4. The van der Waals surface area contributed by atoms with E-state index in [9.17, 15) is 18.0 Å². The van der Waals surface area contributed by atoms with E-state index in [0.29, 0.717) is 37.4 Å². The lowest BCUT2D eigenvalue weighted by Crippen LogP contribution is -2.29. The second-order valence-corrected chi connectivity index (χ2v) is 10.7. The van der Waals surface area contributed by atoms with Crippen LogP contribution in [0.5, 0.6) is 0 Å². The number of rotatable bonds is 8. The van der Waals surface area contributed by atoms with E-state index in [1.54, 1.807) is 0 Å². The second-order valence-electron chi connectivity index (χ2n) is 10.7. The van der Waals surface area contributed by atoms with Crippen LogP contribution in [0.4, 0.5) is 13.2 Å². The number of halogens is 3. The Morgan fingerprint density at radius 1 is 1.05 bits per heavy atom. The molecular weight excluding hydrogens is 489 g/mol. The average molecular weight is 523 g/mol. The quantitative estimate of drug-likeness (QED) is 0.442. The zero-order chi connectivity index (χ0) is 26.9. The van der Waals surface area contributed by atoms with E-state index in [0.717, 1.165) is 48.8 Å². The fourth-order valence-corrected chi connectivity index (χ4v) is 5.63. The standard InChI is InChI=1S/C30H33F3N4O/c1-37-16-12-22(13-17-37)21-8-6-20(7-9-21)18-27-35-19-25(30(31,32)33)26(36-27)11-10-23-4-2-3-5-24(23)29(14-15-29)28(34)38/h2-9,19,22H,10-18H2,1H3,(H2,34,38). The number of hydrogen-bond donors (Lipinski definition) is 1. The van der Waals surface area contributed by atoms with E-state index in [-0.39, 0.29) is 18.0 Å². The maximum atomic E-state index is 13.8. The van der Waals surface area contributed by atoms with Crippen molar-refractivity contribution in [2.24, 2.45) is 5.73 Å². The highest BCUT2D eigenvalue weighted by atomic mass is 19.4. The third kappa shape index (κ3) is 5.60. The molecule has 1 saturated heterocycles. The predicted molar refractivity (Wildman–Crippen MR) is 140 cm³/mol. The molecule has 1 amide bonds. The van der Waals surface area contributed by atoms with E-state index >= 15 is 0 Å². The highest BCUT2D eigenvalue weighted by Crippen LogP contribution is 2.49. The summed E-state index contributed by atoms with van der Waals surface area (Å²) in [5, 5.41) is 0. The van der Waals surface area contributed by atoms with E-state index in [2.05, 4.69) is 34.0 Å². The number of aryl methyl sites for hydroxylation is 2. The summed E-state index contributed by atoms with van der Waals surface area (Å²) < 4.78 is 41.5. The van der Waals surface area contributed by atoms with Crippen LogP contribution in [0.25, 0.3) is 0 Å². The van der Waals surface area contributed by atoms with Crippen molar-refractivity contribution < 1.29 is 18.0 Å². The zero-order valence-corrected chi connectivity index (χ0v) is 21.6. The Hall–Kier alpha value is -3.26. The van der Waals surface area contributed by atoms with Crippen LogP contribution in [0, 0.1) is 0 Å². The van der Waals surface area contributed by atoms with Crippen molar-refractivity contribution in [3.05, 3.63) is 94.1 Å². The number of piperidine rings is 1. The van der Waals surface area contributed by atoms with Crippen molar-refractivity contribution in [3.63, 3.8) is 0 Å². The molecule has 0 bridgehead atoms. The molecular formula is C30H33F3N4O. The summed E-state index contributed by atoms with van der Waals surface area (Å²) >= 11 is 0. The number of carbonyl (C=O) groups excluding carboxylic acids is 1.